The van der Waals surface area contributed by atoms with E-state index in [0.717, 1.165) is 6.54 Å². The molecule has 0 spiro atoms. The second-order valence-electron chi connectivity index (χ2n) is 6.41. The van der Waals surface area contributed by atoms with Gasteiger partial charge in [0.25, 0.3) is 0 Å². The predicted molar refractivity (Wildman–Crippen MR) is 76.4 cm³/mol. The molecule has 1 heterocycles. The van der Waals surface area contributed by atoms with Crippen molar-refractivity contribution in [1.82, 2.24) is 15.0 Å². The van der Waals surface area contributed by atoms with Crippen molar-refractivity contribution in [3.05, 3.63) is 12.4 Å². The van der Waals surface area contributed by atoms with Crippen molar-refractivity contribution in [1.29, 1.82) is 0 Å². The van der Waals surface area contributed by atoms with Crippen molar-refractivity contribution in [3.8, 4) is 0 Å². The molecule has 0 N–H and O–H groups in total. The van der Waals surface area contributed by atoms with Gasteiger partial charge in [-0.15, -0.1) is 0 Å². The lowest BCUT2D eigenvalue weighted by atomic mass is 9.89. The van der Waals surface area contributed by atoms with Gasteiger partial charge in [0.15, 0.2) is 0 Å². The van der Waals surface area contributed by atoms with E-state index in [4.69, 9.17) is 0 Å². The zero-order valence-electron chi connectivity index (χ0n) is 12.4. The molecular formula is C15H29N3. The lowest BCUT2D eigenvalue weighted by Gasteiger charge is -2.17. The van der Waals surface area contributed by atoms with Gasteiger partial charge >= 0.3 is 0 Å². The van der Waals surface area contributed by atoms with E-state index < -0.39 is 0 Å². The Labute approximate surface area is 112 Å². The Morgan fingerprint density at radius 1 is 0.778 bits per heavy atom. The quantitative estimate of drug-likeness (QED) is 0.607. The fourth-order valence-electron chi connectivity index (χ4n) is 2.15. The molecule has 3 nitrogen and oxygen atoms in total. The third-order valence-electron chi connectivity index (χ3n) is 3.25. The fraction of sp³-hybridized carbons (Fsp3) is 0.867. The van der Waals surface area contributed by atoms with Crippen molar-refractivity contribution in [2.45, 2.75) is 78.7 Å². The molecule has 0 aromatic carbocycles. The molecule has 0 saturated heterocycles. The molecule has 0 saturated carbocycles. The summed E-state index contributed by atoms with van der Waals surface area (Å²) in [6.07, 6.45) is 14.3. The predicted octanol–water partition coefficient (Wildman–Crippen LogP) is 4.45. The van der Waals surface area contributed by atoms with Crippen molar-refractivity contribution < 1.29 is 0 Å². The number of nitrogens with zero attached hydrogens (tertiary/aromatic N) is 3. The Bertz CT molecular complexity index is 285. The molecule has 0 bridgehead atoms. The van der Waals surface area contributed by atoms with Gasteiger partial charge < -0.3 is 0 Å². The Morgan fingerprint density at radius 2 is 1.28 bits per heavy atom. The Kier molecular flexibility index (Phi) is 6.99. The van der Waals surface area contributed by atoms with Crippen LogP contribution in [0.15, 0.2) is 12.4 Å². The fourth-order valence-corrected chi connectivity index (χ4v) is 2.15. The van der Waals surface area contributed by atoms with Crippen LogP contribution in [0, 0.1) is 5.41 Å². The van der Waals surface area contributed by atoms with E-state index in [-0.39, 0.29) is 0 Å². The summed E-state index contributed by atoms with van der Waals surface area (Å²) in [5.41, 5.74) is 0.511. The van der Waals surface area contributed by atoms with Gasteiger partial charge in [0.1, 0.15) is 0 Å². The highest BCUT2D eigenvalue weighted by molar-refractivity contribution is 4.61. The first kappa shape index (κ1) is 15.2. The Balaban J connectivity index is 1.82. The number of rotatable bonds is 9. The molecule has 0 atom stereocenters. The number of hydrogen-bond acceptors (Lipinski definition) is 2. The van der Waals surface area contributed by atoms with E-state index in [1.54, 1.807) is 17.2 Å². The van der Waals surface area contributed by atoms with Crippen LogP contribution >= 0.6 is 0 Å². The lowest BCUT2D eigenvalue weighted by molar-refractivity contribution is 0.356. The summed E-state index contributed by atoms with van der Waals surface area (Å²) in [6.45, 7) is 7.96. The van der Waals surface area contributed by atoms with E-state index in [1.165, 1.54) is 51.4 Å². The van der Waals surface area contributed by atoms with E-state index in [2.05, 4.69) is 31.0 Å². The monoisotopic (exact) mass is 251 g/mol. The van der Waals surface area contributed by atoms with Crippen molar-refractivity contribution in [3.63, 3.8) is 0 Å². The van der Waals surface area contributed by atoms with Crippen molar-refractivity contribution in [2.75, 3.05) is 0 Å². The number of unbranched alkanes of at least 4 members (excludes halogenated alkanes) is 6. The second-order valence-corrected chi connectivity index (χ2v) is 6.41. The molecule has 0 aliphatic heterocycles. The van der Waals surface area contributed by atoms with E-state index in [1.807, 2.05) is 0 Å². The van der Waals surface area contributed by atoms with Gasteiger partial charge in [0.2, 0.25) is 0 Å². The maximum Gasteiger partial charge on any atom is 0.0693 e. The minimum absolute atomic E-state index is 0.511. The van der Waals surface area contributed by atoms with Crippen LogP contribution in [0.4, 0.5) is 0 Å². The SMILES string of the molecule is CC(C)(C)CCCCCCCCCn1nccn1. The molecule has 0 aliphatic rings. The lowest BCUT2D eigenvalue weighted by Crippen LogP contribution is -2.03. The highest BCUT2D eigenvalue weighted by atomic mass is 15.5. The van der Waals surface area contributed by atoms with E-state index >= 15 is 0 Å². The number of hydrogen-bond donors (Lipinski definition) is 0. The zero-order valence-corrected chi connectivity index (χ0v) is 12.4. The zero-order chi connectivity index (χ0) is 13.3. The van der Waals surface area contributed by atoms with Gasteiger partial charge in [0.05, 0.1) is 18.9 Å². The van der Waals surface area contributed by atoms with E-state index in [0.29, 0.717) is 5.41 Å². The van der Waals surface area contributed by atoms with Crippen LogP contribution in [-0.4, -0.2) is 15.0 Å². The van der Waals surface area contributed by atoms with Crippen LogP contribution in [0.5, 0.6) is 0 Å². The van der Waals surface area contributed by atoms with Crippen LogP contribution in [-0.2, 0) is 6.54 Å². The van der Waals surface area contributed by atoms with Crippen LogP contribution in [0.3, 0.4) is 0 Å². The van der Waals surface area contributed by atoms with Crippen LogP contribution in [0.1, 0.15) is 72.1 Å². The maximum absolute atomic E-state index is 4.10. The molecule has 3 heteroatoms. The average molecular weight is 251 g/mol. The van der Waals surface area contributed by atoms with Gasteiger partial charge in [-0.05, 0) is 18.3 Å². The van der Waals surface area contributed by atoms with Gasteiger partial charge in [-0.2, -0.15) is 15.0 Å². The smallest absolute Gasteiger partial charge is 0.0693 e. The molecule has 0 unspecified atom stereocenters. The highest BCUT2D eigenvalue weighted by Crippen LogP contribution is 2.22. The summed E-state index contributed by atoms with van der Waals surface area (Å²) in [6, 6.07) is 0. The molecule has 104 valence electrons. The number of aryl methyl sites for hydroxylation is 1. The molecule has 1 rings (SSSR count). The van der Waals surface area contributed by atoms with Crippen LogP contribution in [0.2, 0.25) is 0 Å². The summed E-state index contributed by atoms with van der Waals surface area (Å²) in [4.78, 5) is 1.78. The summed E-state index contributed by atoms with van der Waals surface area (Å²) in [5, 5.41) is 8.21. The first-order chi connectivity index (χ1) is 8.58. The average Bonchev–Trinajstić information content (AvgIpc) is 2.78. The maximum atomic E-state index is 4.10. The number of aromatic nitrogens is 3. The molecular weight excluding hydrogens is 222 g/mol. The van der Waals surface area contributed by atoms with E-state index in [9.17, 15) is 0 Å². The normalized spacial score (nSPS) is 11.9. The topological polar surface area (TPSA) is 30.7 Å². The second kappa shape index (κ2) is 8.28. The molecule has 18 heavy (non-hydrogen) atoms. The molecule has 0 amide bonds. The van der Waals surface area contributed by atoms with Crippen LogP contribution < -0.4 is 0 Å². The first-order valence-electron chi connectivity index (χ1n) is 7.42. The molecule has 0 fully saturated rings. The highest BCUT2D eigenvalue weighted by Gasteiger charge is 2.08. The first-order valence-corrected chi connectivity index (χ1v) is 7.42. The summed E-state index contributed by atoms with van der Waals surface area (Å²) < 4.78 is 0. The minimum atomic E-state index is 0.511. The molecule has 0 aliphatic carbocycles. The van der Waals surface area contributed by atoms with Gasteiger partial charge in [0, 0.05) is 0 Å². The third-order valence-corrected chi connectivity index (χ3v) is 3.25. The largest absolute Gasteiger partial charge is 0.185 e. The molecule has 1 aromatic rings. The van der Waals surface area contributed by atoms with Crippen molar-refractivity contribution >= 4 is 0 Å². The molecule has 1 aromatic heterocycles. The Hall–Kier alpha value is -0.860. The molecule has 0 radical (unpaired) electrons. The summed E-state index contributed by atoms with van der Waals surface area (Å²) in [7, 11) is 0. The standard InChI is InChI=1S/C15H29N3/c1-15(2,3)11-9-7-5-4-6-8-10-14-18-16-12-13-17-18/h12-13H,4-11,14H2,1-3H3. The van der Waals surface area contributed by atoms with Gasteiger partial charge in [-0.3, -0.25) is 0 Å². The Morgan fingerprint density at radius 3 is 1.83 bits per heavy atom. The summed E-state index contributed by atoms with van der Waals surface area (Å²) >= 11 is 0. The van der Waals surface area contributed by atoms with Gasteiger partial charge in [-0.25, -0.2) is 0 Å². The van der Waals surface area contributed by atoms with Gasteiger partial charge in [-0.1, -0.05) is 59.3 Å². The summed E-state index contributed by atoms with van der Waals surface area (Å²) in [5.74, 6) is 0. The van der Waals surface area contributed by atoms with Crippen LogP contribution in [0.25, 0.3) is 0 Å². The van der Waals surface area contributed by atoms with Crippen molar-refractivity contribution in [2.24, 2.45) is 5.41 Å². The third kappa shape index (κ3) is 8.26. The minimum Gasteiger partial charge on any atom is -0.185 e.